The second-order valence-corrected chi connectivity index (χ2v) is 2.67. The molecule has 1 aromatic rings. The summed E-state index contributed by atoms with van der Waals surface area (Å²) in [6.45, 7) is 1.82. The summed E-state index contributed by atoms with van der Waals surface area (Å²) in [5.74, 6) is 0.00620. The van der Waals surface area contributed by atoms with Crippen LogP contribution in [0.25, 0.3) is 0 Å². The molecule has 0 unspecified atom stereocenters. The smallest absolute Gasteiger partial charge is 0.298 e. The summed E-state index contributed by atoms with van der Waals surface area (Å²) in [5.41, 5.74) is 5.61. The molecule has 0 aliphatic rings. The summed E-state index contributed by atoms with van der Waals surface area (Å²) in [6, 6.07) is 2.77. The van der Waals surface area contributed by atoms with Crippen LogP contribution in [0.4, 0.5) is 11.4 Å². The molecule has 0 radical (unpaired) electrons. The lowest BCUT2D eigenvalue weighted by atomic mass is 10.2. The molecule has 0 bridgehead atoms. The minimum absolute atomic E-state index is 0.00620. The van der Waals surface area contributed by atoms with Crippen molar-refractivity contribution >= 4 is 17.8 Å². The van der Waals surface area contributed by atoms with Gasteiger partial charge in [-0.2, -0.15) is 0 Å². The van der Waals surface area contributed by atoms with E-state index in [9.17, 15) is 14.9 Å². The maximum absolute atomic E-state index is 10.5. The van der Waals surface area contributed by atoms with Gasteiger partial charge in [-0.05, 0) is 18.6 Å². The van der Waals surface area contributed by atoms with E-state index >= 15 is 0 Å². The van der Waals surface area contributed by atoms with Crippen molar-refractivity contribution in [1.29, 1.82) is 0 Å². The highest BCUT2D eigenvalue weighted by atomic mass is 16.6. The molecule has 0 saturated carbocycles. The van der Waals surface area contributed by atoms with Crippen LogP contribution in [0.1, 0.15) is 5.56 Å². The number of nitro groups is 1. The highest BCUT2D eigenvalue weighted by molar-refractivity contribution is 5.70. The first-order valence-electron chi connectivity index (χ1n) is 3.71. The van der Waals surface area contributed by atoms with Gasteiger partial charge in [0.2, 0.25) is 0 Å². The number of ether oxygens (including phenoxy) is 1. The molecule has 14 heavy (non-hydrogen) atoms. The van der Waals surface area contributed by atoms with Gasteiger partial charge in [-0.1, -0.05) is 0 Å². The standard InChI is InChI=1S/C8H8N2O4/c1-5-2-6(10(12)13)8(9)7(3-5)14-4-11/h2-4H,9H2,1H3. The Balaban J connectivity index is 3.31. The first-order chi connectivity index (χ1) is 6.56. The fourth-order valence-corrected chi connectivity index (χ4v) is 1.05. The number of rotatable bonds is 3. The molecule has 0 aliphatic carbocycles. The van der Waals surface area contributed by atoms with E-state index in [0.717, 1.165) is 0 Å². The zero-order chi connectivity index (χ0) is 10.7. The fraction of sp³-hybridized carbons (Fsp3) is 0.125. The molecule has 0 saturated heterocycles. The Morgan fingerprint density at radius 1 is 1.57 bits per heavy atom. The van der Waals surface area contributed by atoms with E-state index in [0.29, 0.717) is 5.56 Å². The van der Waals surface area contributed by atoms with Crippen LogP contribution in [0.15, 0.2) is 12.1 Å². The van der Waals surface area contributed by atoms with Gasteiger partial charge in [0.15, 0.2) is 11.4 Å². The van der Waals surface area contributed by atoms with Gasteiger partial charge >= 0.3 is 0 Å². The molecule has 0 aliphatic heterocycles. The molecule has 0 atom stereocenters. The molecule has 74 valence electrons. The highest BCUT2D eigenvalue weighted by Gasteiger charge is 2.16. The minimum atomic E-state index is -0.625. The van der Waals surface area contributed by atoms with Crippen LogP contribution in [-0.2, 0) is 4.79 Å². The van der Waals surface area contributed by atoms with Crippen molar-refractivity contribution < 1.29 is 14.5 Å². The van der Waals surface area contributed by atoms with Gasteiger partial charge in [0, 0.05) is 6.07 Å². The third-order valence-corrected chi connectivity index (χ3v) is 1.64. The van der Waals surface area contributed by atoms with Crippen molar-refractivity contribution in [2.24, 2.45) is 0 Å². The molecule has 0 fully saturated rings. The number of hydrogen-bond acceptors (Lipinski definition) is 5. The number of nitrogens with zero attached hydrogens (tertiary/aromatic N) is 1. The normalized spacial score (nSPS) is 9.50. The molecular weight excluding hydrogens is 188 g/mol. The van der Waals surface area contributed by atoms with E-state index in [-0.39, 0.29) is 23.6 Å². The van der Waals surface area contributed by atoms with Crippen molar-refractivity contribution in [3.05, 3.63) is 27.8 Å². The minimum Gasteiger partial charge on any atom is -0.426 e. The predicted molar refractivity (Wildman–Crippen MR) is 48.9 cm³/mol. The Bertz CT molecular complexity index is 389. The summed E-state index contributed by atoms with van der Waals surface area (Å²) < 4.78 is 4.50. The maximum atomic E-state index is 10.5. The number of nitro benzene ring substituents is 1. The first-order valence-corrected chi connectivity index (χ1v) is 3.71. The van der Waals surface area contributed by atoms with Gasteiger partial charge in [0.25, 0.3) is 12.2 Å². The lowest BCUT2D eigenvalue weighted by Gasteiger charge is -2.04. The van der Waals surface area contributed by atoms with E-state index in [1.165, 1.54) is 12.1 Å². The van der Waals surface area contributed by atoms with Crippen molar-refractivity contribution in [3.63, 3.8) is 0 Å². The average molecular weight is 196 g/mol. The van der Waals surface area contributed by atoms with E-state index in [1.54, 1.807) is 6.92 Å². The summed E-state index contributed by atoms with van der Waals surface area (Å²) in [5, 5.41) is 10.5. The van der Waals surface area contributed by atoms with Crippen molar-refractivity contribution in [2.75, 3.05) is 5.73 Å². The monoisotopic (exact) mass is 196 g/mol. The van der Waals surface area contributed by atoms with E-state index < -0.39 is 4.92 Å². The van der Waals surface area contributed by atoms with E-state index in [4.69, 9.17) is 5.73 Å². The molecule has 0 spiro atoms. The number of carbonyl (C=O) groups is 1. The third-order valence-electron chi connectivity index (χ3n) is 1.64. The highest BCUT2D eigenvalue weighted by Crippen LogP contribution is 2.32. The zero-order valence-corrected chi connectivity index (χ0v) is 7.39. The largest absolute Gasteiger partial charge is 0.426 e. The average Bonchev–Trinajstić information content (AvgIpc) is 2.10. The Morgan fingerprint density at radius 2 is 2.21 bits per heavy atom. The molecule has 1 rings (SSSR count). The van der Waals surface area contributed by atoms with Crippen molar-refractivity contribution in [1.82, 2.24) is 0 Å². The number of benzene rings is 1. The van der Waals surface area contributed by atoms with Crippen molar-refractivity contribution in [2.45, 2.75) is 6.92 Å². The van der Waals surface area contributed by atoms with Crippen LogP contribution < -0.4 is 10.5 Å². The Labute approximate surface area is 79.4 Å². The second kappa shape index (κ2) is 3.73. The van der Waals surface area contributed by atoms with Crippen LogP contribution in [0.3, 0.4) is 0 Å². The molecule has 0 aromatic heterocycles. The number of aryl methyl sites for hydroxylation is 1. The molecule has 6 nitrogen and oxygen atoms in total. The van der Waals surface area contributed by atoms with Gasteiger partial charge in [-0.3, -0.25) is 14.9 Å². The van der Waals surface area contributed by atoms with E-state index in [1.807, 2.05) is 0 Å². The van der Waals surface area contributed by atoms with Crippen molar-refractivity contribution in [3.8, 4) is 5.75 Å². The van der Waals surface area contributed by atoms with Gasteiger partial charge in [0.05, 0.1) is 4.92 Å². The Kier molecular flexibility index (Phi) is 2.66. The number of hydrogen-bond donors (Lipinski definition) is 1. The Hall–Kier alpha value is -2.11. The predicted octanol–water partition coefficient (Wildman–Crippen LogP) is 1.02. The maximum Gasteiger partial charge on any atom is 0.298 e. The lowest BCUT2D eigenvalue weighted by molar-refractivity contribution is -0.384. The Morgan fingerprint density at radius 3 is 2.71 bits per heavy atom. The van der Waals surface area contributed by atoms with Gasteiger partial charge in [0.1, 0.15) is 0 Å². The second-order valence-electron chi connectivity index (χ2n) is 2.67. The number of nitrogens with two attached hydrogens (primary N) is 1. The van der Waals surface area contributed by atoms with Crippen LogP contribution in [-0.4, -0.2) is 11.4 Å². The molecule has 0 amide bonds. The summed E-state index contributed by atoms with van der Waals surface area (Å²) in [7, 11) is 0. The van der Waals surface area contributed by atoms with Gasteiger partial charge < -0.3 is 10.5 Å². The van der Waals surface area contributed by atoms with Crippen LogP contribution in [0.2, 0.25) is 0 Å². The third kappa shape index (κ3) is 1.79. The number of carbonyl (C=O) groups excluding carboxylic acids is 1. The number of anilines is 1. The molecule has 0 heterocycles. The zero-order valence-electron chi connectivity index (χ0n) is 7.39. The van der Waals surface area contributed by atoms with Gasteiger partial charge in [-0.25, -0.2) is 0 Å². The fourth-order valence-electron chi connectivity index (χ4n) is 1.05. The quantitative estimate of drug-likeness (QED) is 0.337. The SMILES string of the molecule is Cc1cc(OC=O)c(N)c([N+](=O)[O-])c1. The topological polar surface area (TPSA) is 95.5 Å². The first kappa shape index (κ1) is 9.97. The van der Waals surface area contributed by atoms with Crippen LogP contribution in [0, 0.1) is 17.0 Å². The van der Waals surface area contributed by atoms with Crippen LogP contribution >= 0.6 is 0 Å². The molecule has 2 N–H and O–H groups in total. The molecule has 6 heteroatoms. The summed E-state index contributed by atoms with van der Waals surface area (Å²) >= 11 is 0. The molecule has 1 aromatic carbocycles. The van der Waals surface area contributed by atoms with Gasteiger partial charge in [-0.15, -0.1) is 0 Å². The lowest BCUT2D eigenvalue weighted by Crippen LogP contribution is -2.00. The van der Waals surface area contributed by atoms with Crippen LogP contribution in [0.5, 0.6) is 5.75 Å². The van der Waals surface area contributed by atoms with E-state index in [2.05, 4.69) is 4.74 Å². The summed E-state index contributed by atoms with van der Waals surface area (Å²) in [4.78, 5) is 20.0. The summed E-state index contributed by atoms with van der Waals surface area (Å²) in [6.07, 6.45) is 0. The molecular formula is C8H8N2O4. The number of nitrogen functional groups attached to an aromatic ring is 1.